The SMILES string of the molecule is Cc1ccc(CC(C)NC(=O)CCc2ccccc2C(=O)O)c(C)c1. The van der Waals surface area contributed by atoms with Crippen molar-refractivity contribution >= 4 is 11.9 Å². The van der Waals surface area contributed by atoms with Gasteiger partial charge in [0.15, 0.2) is 0 Å². The molecule has 2 aromatic rings. The highest BCUT2D eigenvalue weighted by atomic mass is 16.4. The molecule has 0 radical (unpaired) electrons. The Labute approximate surface area is 148 Å². The van der Waals surface area contributed by atoms with Gasteiger partial charge in [-0.2, -0.15) is 0 Å². The summed E-state index contributed by atoms with van der Waals surface area (Å²) in [5.41, 5.74) is 4.65. The fourth-order valence-electron chi connectivity index (χ4n) is 3.00. The molecule has 0 bridgehead atoms. The summed E-state index contributed by atoms with van der Waals surface area (Å²) in [4.78, 5) is 23.4. The summed E-state index contributed by atoms with van der Waals surface area (Å²) in [6.07, 6.45) is 1.48. The van der Waals surface area contributed by atoms with Gasteiger partial charge in [-0.1, -0.05) is 42.0 Å². The van der Waals surface area contributed by atoms with Crippen LogP contribution < -0.4 is 5.32 Å². The van der Waals surface area contributed by atoms with Gasteiger partial charge in [0.05, 0.1) is 5.56 Å². The third-order valence-corrected chi connectivity index (χ3v) is 4.30. The molecule has 1 atom stereocenters. The average Bonchev–Trinajstić information content (AvgIpc) is 2.55. The maximum absolute atomic E-state index is 12.2. The molecule has 2 aromatic carbocycles. The summed E-state index contributed by atoms with van der Waals surface area (Å²) in [5, 5.41) is 12.2. The second-order valence-corrected chi connectivity index (χ2v) is 6.56. The summed E-state index contributed by atoms with van der Waals surface area (Å²) in [6.45, 7) is 6.14. The van der Waals surface area contributed by atoms with E-state index in [0.29, 0.717) is 12.0 Å². The average molecular weight is 339 g/mol. The van der Waals surface area contributed by atoms with E-state index in [2.05, 4.69) is 37.4 Å². The van der Waals surface area contributed by atoms with E-state index in [9.17, 15) is 14.7 Å². The van der Waals surface area contributed by atoms with Gasteiger partial charge in [0.2, 0.25) is 5.91 Å². The number of carboxylic acid groups (broad SMARTS) is 1. The van der Waals surface area contributed by atoms with Crippen LogP contribution in [0.2, 0.25) is 0 Å². The Bertz CT molecular complexity index is 767. The van der Waals surface area contributed by atoms with Crippen molar-refractivity contribution < 1.29 is 14.7 Å². The molecule has 0 aromatic heterocycles. The summed E-state index contributed by atoms with van der Waals surface area (Å²) in [5.74, 6) is -1.02. The van der Waals surface area contributed by atoms with Gasteiger partial charge in [0.25, 0.3) is 0 Å². The molecule has 25 heavy (non-hydrogen) atoms. The van der Waals surface area contributed by atoms with Gasteiger partial charge in [-0.3, -0.25) is 4.79 Å². The molecule has 132 valence electrons. The highest BCUT2D eigenvalue weighted by Crippen LogP contribution is 2.14. The summed E-state index contributed by atoms with van der Waals surface area (Å²) < 4.78 is 0. The number of amides is 1. The second kappa shape index (κ2) is 8.47. The normalized spacial score (nSPS) is 11.8. The predicted molar refractivity (Wildman–Crippen MR) is 98.9 cm³/mol. The maximum Gasteiger partial charge on any atom is 0.335 e. The van der Waals surface area contributed by atoms with E-state index < -0.39 is 5.97 Å². The first-order valence-corrected chi connectivity index (χ1v) is 8.53. The van der Waals surface area contributed by atoms with Crippen LogP contribution in [0.3, 0.4) is 0 Å². The third kappa shape index (κ3) is 5.45. The van der Waals surface area contributed by atoms with E-state index in [4.69, 9.17) is 0 Å². The Morgan fingerprint density at radius 2 is 1.80 bits per heavy atom. The fraction of sp³-hybridized carbons (Fsp3) is 0.333. The van der Waals surface area contributed by atoms with Gasteiger partial charge in [0, 0.05) is 12.5 Å². The van der Waals surface area contributed by atoms with E-state index in [1.54, 1.807) is 24.3 Å². The Morgan fingerprint density at radius 1 is 1.08 bits per heavy atom. The van der Waals surface area contributed by atoms with Gasteiger partial charge in [-0.05, 0) is 56.4 Å². The molecule has 0 saturated carbocycles. The van der Waals surface area contributed by atoms with Crippen molar-refractivity contribution in [1.29, 1.82) is 0 Å². The van der Waals surface area contributed by atoms with Crippen LogP contribution in [-0.4, -0.2) is 23.0 Å². The smallest absolute Gasteiger partial charge is 0.335 e. The first-order chi connectivity index (χ1) is 11.9. The zero-order valence-corrected chi connectivity index (χ0v) is 15.0. The Balaban J connectivity index is 1.89. The standard InChI is InChI=1S/C21H25NO3/c1-14-8-9-18(15(2)12-14)13-16(3)22-20(23)11-10-17-6-4-5-7-19(17)21(24)25/h4-9,12,16H,10-11,13H2,1-3H3,(H,22,23)(H,24,25). The van der Waals surface area contributed by atoms with Crippen LogP contribution in [0.1, 0.15) is 46.0 Å². The molecule has 0 aliphatic carbocycles. The predicted octanol–water partition coefficient (Wildman–Crippen LogP) is 3.68. The molecule has 1 unspecified atom stereocenters. The minimum atomic E-state index is -0.959. The van der Waals surface area contributed by atoms with E-state index >= 15 is 0 Å². The lowest BCUT2D eigenvalue weighted by Crippen LogP contribution is -2.34. The molecule has 0 spiro atoms. The topological polar surface area (TPSA) is 66.4 Å². The number of hydrogen-bond acceptors (Lipinski definition) is 2. The van der Waals surface area contributed by atoms with E-state index in [1.165, 1.54) is 16.7 Å². The van der Waals surface area contributed by atoms with E-state index in [1.807, 2.05) is 6.92 Å². The van der Waals surface area contributed by atoms with Crippen molar-refractivity contribution in [3.63, 3.8) is 0 Å². The molecule has 0 saturated heterocycles. The largest absolute Gasteiger partial charge is 0.478 e. The number of aromatic carboxylic acids is 1. The van der Waals surface area contributed by atoms with Crippen molar-refractivity contribution in [3.05, 3.63) is 70.3 Å². The summed E-state index contributed by atoms with van der Waals surface area (Å²) in [6, 6.07) is 13.2. The van der Waals surface area contributed by atoms with Crippen LogP contribution in [-0.2, 0) is 17.6 Å². The molecular formula is C21H25NO3. The lowest BCUT2D eigenvalue weighted by Gasteiger charge is -2.16. The zero-order valence-electron chi connectivity index (χ0n) is 15.0. The first kappa shape index (κ1) is 18.7. The molecule has 0 aliphatic heterocycles. The van der Waals surface area contributed by atoms with Crippen molar-refractivity contribution in [2.45, 2.75) is 46.1 Å². The highest BCUT2D eigenvalue weighted by molar-refractivity contribution is 5.89. The first-order valence-electron chi connectivity index (χ1n) is 8.53. The Kier molecular flexibility index (Phi) is 6.34. The zero-order chi connectivity index (χ0) is 18.4. The number of rotatable bonds is 7. The van der Waals surface area contributed by atoms with Crippen LogP contribution in [0, 0.1) is 13.8 Å². The highest BCUT2D eigenvalue weighted by Gasteiger charge is 2.13. The molecule has 0 heterocycles. The molecule has 4 nitrogen and oxygen atoms in total. The number of carboxylic acids is 1. The van der Waals surface area contributed by atoms with Crippen molar-refractivity contribution in [3.8, 4) is 0 Å². The summed E-state index contributed by atoms with van der Waals surface area (Å²) in [7, 11) is 0. The number of benzene rings is 2. The lowest BCUT2D eigenvalue weighted by atomic mass is 9.99. The lowest BCUT2D eigenvalue weighted by molar-refractivity contribution is -0.121. The Morgan fingerprint density at radius 3 is 2.48 bits per heavy atom. The van der Waals surface area contributed by atoms with Gasteiger partial charge in [-0.25, -0.2) is 4.79 Å². The number of hydrogen-bond donors (Lipinski definition) is 2. The number of nitrogens with one attached hydrogen (secondary N) is 1. The van der Waals surface area contributed by atoms with E-state index in [0.717, 1.165) is 6.42 Å². The van der Waals surface area contributed by atoms with Gasteiger partial charge in [0.1, 0.15) is 0 Å². The number of carbonyl (C=O) groups is 2. The van der Waals surface area contributed by atoms with Crippen LogP contribution in [0.4, 0.5) is 0 Å². The Hall–Kier alpha value is -2.62. The van der Waals surface area contributed by atoms with Gasteiger partial charge < -0.3 is 10.4 Å². The van der Waals surface area contributed by atoms with Crippen molar-refractivity contribution in [2.75, 3.05) is 0 Å². The monoisotopic (exact) mass is 339 g/mol. The van der Waals surface area contributed by atoms with E-state index in [-0.39, 0.29) is 23.9 Å². The van der Waals surface area contributed by atoms with Gasteiger partial charge >= 0.3 is 5.97 Å². The maximum atomic E-state index is 12.2. The van der Waals surface area contributed by atoms with Crippen molar-refractivity contribution in [1.82, 2.24) is 5.32 Å². The molecule has 2 rings (SSSR count). The summed E-state index contributed by atoms with van der Waals surface area (Å²) >= 11 is 0. The van der Waals surface area contributed by atoms with Crippen LogP contribution in [0.25, 0.3) is 0 Å². The number of carbonyl (C=O) groups excluding carboxylic acids is 1. The molecule has 0 fully saturated rings. The molecular weight excluding hydrogens is 314 g/mol. The van der Waals surface area contributed by atoms with Crippen molar-refractivity contribution in [2.24, 2.45) is 0 Å². The fourth-order valence-corrected chi connectivity index (χ4v) is 3.00. The second-order valence-electron chi connectivity index (χ2n) is 6.56. The van der Waals surface area contributed by atoms with Crippen LogP contribution in [0.5, 0.6) is 0 Å². The molecule has 4 heteroatoms. The number of aryl methyl sites for hydroxylation is 3. The van der Waals surface area contributed by atoms with Crippen LogP contribution in [0.15, 0.2) is 42.5 Å². The molecule has 0 aliphatic rings. The minimum Gasteiger partial charge on any atom is -0.478 e. The quantitative estimate of drug-likeness (QED) is 0.808. The molecule has 2 N–H and O–H groups in total. The van der Waals surface area contributed by atoms with Crippen LogP contribution >= 0.6 is 0 Å². The third-order valence-electron chi connectivity index (χ3n) is 4.30. The van der Waals surface area contributed by atoms with Gasteiger partial charge in [-0.15, -0.1) is 0 Å². The minimum absolute atomic E-state index is 0.0311. The molecule has 1 amide bonds.